The van der Waals surface area contributed by atoms with Gasteiger partial charge < -0.3 is 10.1 Å². The molecule has 0 aromatic rings. The van der Waals surface area contributed by atoms with Crippen LogP contribution in [0.1, 0.15) is 26.7 Å². The van der Waals surface area contributed by atoms with Crippen molar-refractivity contribution in [2.75, 3.05) is 13.2 Å². The highest BCUT2D eigenvalue weighted by Gasteiger charge is 2.20. The number of allylic oxidation sites excluding steroid dienone is 1. The molecular weight excluding hydrogens is 150 g/mol. The monoisotopic (exact) mass is 169 g/mol. The lowest BCUT2D eigenvalue weighted by Gasteiger charge is -2.11. The normalized spacial score (nSPS) is 20.2. The maximum atomic E-state index is 5.51. The van der Waals surface area contributed by atoms with Crippen molar-refractivity contribution in [3.8, 4) is 0 Å². The highest BCUT2D eigenvalue weighted by molar-refractivity contribution is 4.82. The Morgan fingerprint density at radius 2 is 2.33 bits per heavy atom. The summed E-state index contributed by atoms with van der Waals surface area (Å²) >= 11 is 0. The van der Waals surface area contributed by atoms with E-state index in [0.29, 0.717) is 6.10 Å². The molecule has 0 saturated heterocycles. The summed E-state index contributed by atoms with van der Waals surface area (Å²) < 4.78 is 5.51. The molecule has 0 amide bonds. The molecule has 0 radical (unpaired) electrons. The second-order valence-corrected chi connectivity index (χ2v) is 3.40. The Hall–Kier alpha value is -0.340. The summed E-state index contributed by atoms with van der Waals surface area (Å²) in [6.07, 6.45) is 7.08. The van der Waals surface area contributed by atoms with Crippen LogP contribution in [-0.4, -0.2) is 25.3 Å². The third kappa shape index (κ3) is 4.52. The summed E-state index contributed by atoms with van der Waals surface area (Å²) in [7, 11) is 0. The van der Waals surface area contributed by atoms with Crippen molar-refractivity contribution in [3.63, 3.8) is 0 Å². The van der Waals surface area contributed by atoms with Crippen molar-refractivity contribution >= 4 is 0 Å². The molecule has 0 bridgehead atoms. The van der Waals surface area contributed by atoms with E-state index in [1.165, 1.54) is 12.8 Å². The highest BCUT2D eigenvalue weighted by atomic mass is 16.5. The van der Waals surface area contributed by atoms with Gasteiger partial charge in [-0.25, -0.2) is 0 Å². The average Bonchev–Trinajstić information content (AvgIpc) is 2.84. The number of hydrogen-bond acceptors (Lipinski definition) is 2. The van der Waals surface area contributed by atoms with Gasteiger partial charge in [-0.2, -0.15) is 0 Å². The van der Waals surface area contributed by atoms with E-state index in [4.69, 9.17) is 4.74 Å². The van der Waals surface area contributed by atoms with E-state index in [-0.39, 0.29) is 0 Å². The first-order chi connectivity index (χ1) is 5.83. The lowest BCUT2D eigenvalue weighted by atomic mass is 10.4. The Labute approximate surface area is 75.0 Å². The van der Waals surface area contributed by atoms with Crippen molar-refractivity contribution in [2.24, 2.45) is 0 Å². The molecule has 1 rings (SSSR count). The molecule has 1 N–H and O–H groups in total. The molecule has 2 heteroatoms. The predicted octanol–water partition coefficient (Wildman–Crippen LogP) is 1.72. The third-order valence-electron chi connectivity index (χ3n) is 1.98. The minimum absolute atomic E-state index is 0.335. The van der Waals surface area contributed by atoms with Gasteiger partial charge in [0.2, 0.25) is 0 Å². The number of ether oxygens (including phenoxy) is 1. The Morgan fingerprint density at radius 1 is 1.58 bits per heavy atom. The van der Waals surface area contributed by atoms with Crippen LogP contribution in [0.3, 0.4) is 0 Å². The predicted molar refractivity (Wildman–Crippen MR) is 51.3 cm³/mol. The van der Waals surface area contributed by atoms with Gasteiger partial charge in [-0.15, -0.1) is 0 Å². The first-order valence-corrected chi connectivity index (χ1v) is 4.79. The Kier molecular flexibility index (Phi) is 4.33. The standard InChI is InChI=1S/C10H19NO/c1-3-4-7-12-9(2)8-11-10-5-6-10/h3-4,9-11H,5-8H2,1-2H3. The smallest absolute Gasteiger partial charge is 0.0675 e. The topological polar surface area (TPSA) is 21.3 Å². The largest absolute Gasteiger partial charge is 0.373 e. The second-order valence-electron chi connectivity index (χ2n) is 3.40. The van der Waals surface area contributed by atoms with Crippen molar-refractivity contribution in [1.29, 1.82) is 0 Å². The van der Waals surface area contributed by atoms with E-state index >= 15 is 0 Å². The van der Waals surface area contributed by atoms with Crippen LogP contribution in [0.2, 0.25) is 0 Å². The van der Waals surface area contributed by atoms with Crippen molar-refractivity contribution in [2.45, 2.75) is 38.8 Å². The zero-order chi connectivity index (χ0) is 8.81. The van der Waals surface area contributed by atoms with Crippen LogP contribution in [0.15, 0.2) is 12.2 Å². The molecule has 0 aromatic heterocycles. The molecule has 2 nitrogen and oxygen atoms in total. The molecule has 70 valence electrons. The van der Waals surface area contributed by atoms with E-state index in [1.54, 1.807) is 0 Å². The van der Waals surface area contributed by atoms with Gasteiger partial charge in [0.1, 0.15) is 0 Å². The summed E-state index contributed by atoms with van der Waals surface area (Å²) in [4.78, 5) is 0. The van der Waals surface area contributed by atoms with E-state index in [1.807, 2.05) is 19.1 Å². The molecule has 0 aliphatic heterocycles. The van der Waals surface area contributed by atoms with Gasteiger partial charge in [0.15, 0.2) is 0 Å². The van der Waals surface area contributed by atoms with Gasteiger partial charge in [-0.1, -0.05) is 12.2 Å². The van der Waals surface area contributed by atoms with Gasteiger partial charge >= 0.3 is 0 Å². The Balaban J connectivity index is 1.91. The van der Waals surface area contributed by atoms with Crippen LogP contribution >= 0.6 is 0 Å². The first kappa shape index (κ1) is 9.75. The highest BCUT2D eigenvalue weighted by Crippen LogP contribution is 2.18. The minimum atomic E-state index is 0.335. The summed E-state index contributed by atoms with van der Waals surface area (Å²) in [6.45, 7) is 5.85. The fourth-order valence-corrected chi connectivity index (χ4v) is 0.995. The molecule has 0 aromatic carbocycles. The molecule has 0 spiro atoms. The van der Waals surface area contributed by atoms with E-state index in [9.17, 15) is 0 Å². The zero-order valence-corrected chi connectivity index (χ0v) is 8.05. The fraction of sp³-hybridized carbons (Fsp3) is 0.800. The van der Waals surface area contributed by atoms with Crippen LogP contribution in [0.5, 0.6) is 0 Å². The van der Waals surface area contributed by atoms with Gasteiger partial charge in [0.05, 0.1) is 12.7 Å². The Morgan fingerprint density at radius 3 is 2.92 bits per heavy atom. The first-order valence-electron chi connectivity index (χ1n) is 4.79. The Bertz CT molecular complexity index is 141. The molecule has 1 aliphatic rings. The van der Waals surface area contributed by atoms with Crippen LogP contribution in [-0.2, 0) is 4.74 Å². The van der Waals surface area contributed by atoms with Crippen LogP contribution < -0.4 is 5.32 Å². The van der Waals surface area contributed by atoms with E-state index < -0.39 is 0 Å². The zero-order valence-electron chi connectivity index (χ0n) is 8.05. The molecule has 1 aliphatic carbocycles. The molecule has 1 unspecified atom stereocenters. The number of hydrogen-bond donors (Lipinski definition) is 1. The maximum Gasteiger partial charge on any atom is 0.0675 e. The van der Waals surface area contributed by atoms with Crippen LogP contribution in [0.25, 0.3) is 0 Å². The average molecular weight is 169 g/mol. The quantitative estimate of drug-likeness (QED) is 0.611. The summed E-state index contributed by atoms with van der Waals surface area (Å²) in [5.41, 5.74) is 0. The van der Waals surface area contributed by atoms with E-state index in [0.717, 1.165) is 19.2 Å². The third-order valence-corrected chi connectivity index (χ3v) is 1.98. The molecule has 1 fully saturated rings. The molecule has 1 saturated carbocycles. The summed E-state index contributed by atoms with van der Waals surface area (Å²) in [5.74, 6) is 0. The molecule has 0 heterocycles. The lowest BCUT2D eigenvalue weighted by molar-refractivity contribution is 0.0875. The summed E-state index contributed by atoms with van der Waals surface area (Å²) in [5, 5.41) is 3.43. The van der Waals surface area contributed by atoms with Crippen molar-refractivity contribution < 1.29 is 4.74 Å². The van der Waals surface area contributed by atoms with Crippen LogP contribution in [0.4, 0.5) is 0 Å². The van der Waals surface area contributed by atoms with E-state index in [2.05, 4.69) is 12.2 Å². The van der Waals surface area contributed by atoms with Gasteiger partial charge in [-0.05, 0) is 26.7 Å². The van der Waals surface area contributed by atoms with Crippen molar-refractivity contribution in [3.05, 3.63) is 12.2 Å². The minimum Gasteiger partial charge on any atom is -0.373 e. The molecule has 12 heavy (non-hydrogen) atoms. The SMILES string of the molecule is CC=CCOC(C)CNC1CC1. The number of nitrogens with one attached hydrogen (secondary N) is 1. The van der Waals surface area contributed by atoms with Crippen LogP contribution in [0, 0.1) is 0 Å². The molecule has 1 atom stereocenters. The molecular formula is C10H19NO. The van der Waals surface area contributed by atoms with Gasteiger partial charge in [0, 0.05) is 12.6 Å². The van der Waals surface area contributed by atoms with Gasteiger partial charge in [-0.3, -0.25) is 0 Å². The summed E-state index contributed by atoms with van der Waals surface area (Å²) in [6, 6.07) is 0.790. The maximum absolute atomic E-state index is 5.51. The second kappa shape index (κ2) is 5.33. The lowest BCUT2D eigenvalue weighted by Crippen LogP contribution is -2.28. The number of rotatable bonds is 6. The van der Waals surface area contributed by atoms with Gasteiger partial charge in [0.25, 0.3) is 0 Å². The fourth-order valence-electron chi connectivity index (χ4n) is 0.995. The van der Waals surface area contributed by atoms with Crippen molar-refractivity contribution in [1.82, 2.24) is 5.32 Å².